The Morgan fingerprint density at radius 1 is 1.50 bits per heavy atom. The van der Waals surface area contributed by atoms with Crippen LogP contribution in [-0.4, -0.2) is 23.3 Å². The van der Waals surface area contributed by atoms with Crippen molar-refractivity contribution < 1.29 is 14.3 Å². The van der Waals surface area contributed by atoms with Crippen LogP contribution in [0.2, 0.25) is 0 Å². The van der Waals surface area contributed by atoms with Gasteiger partial charge in [-0.05, 0) is 13.8 Å². The highest BCUT2D eigenvalue weighted by Crippen LogP contribution is 2.02. The van der Waals surface area contributed by atoms with Gasteiger partial charge < -0.3 is 10.1 Å². The fourth-order valence-electron chi connectivity index (χ4n) is 0.646. The lowest BCUT2D eigenvalue weighted by molar-refractivity contribution is -0.137. The SMILES string of the molecule is CCOC(=O)C=C(C)NC(=O)C(Cl)Cl. The van der Waals surface area contributed by atoms with Gasteiger partial charge in [0.2, 0.25) is 0 Å². The molecule has 0 aromatic heterocycles. The normalized spacial score (nSPS) is 11.4. The average Bonchev–Trinajstić information content (AvgIpc) is 2.03. The number of halogens is 2. The lowest BCUT2D eigenvalue weighted by Crippen LogP contribution is -2.27. The number of hydrogen-bond acceptors (Lipinski definition) is 3. The third-order valence-corrected chi connectivity index (χ3v) is 1.54. The molecule has 0 fully saturated rings. The van der Waals surface area contributed by atoms with E-state index in [4.69, 9.17) is 23.2 Å². The molecule has 0 saturated heterocycles. The third-order valence-electron chi connectivity index (χ3n) is 1.14. The summed E-state index contributed by atoms with van der Waals surface area (Å²) in [6, 6.07) is 0. The first-order valence-electron chi connectivity index (χ1n) is 3.91. The largest absolute Gasteiger partial charge is 0.463 e. The van der Waals surface area contributed by atoms with E-state index in [1.807, 2.05) is 0 Å². The molecule has 0 saturated carbocycles. The number of carbonyl (C=O) groups is 2. The number of alkyl halides is 2. The zero-order chi connectivity index (χ0) is 11.1. The van der Waals surface area contributed by atoms with Crippen LogP contribution < -0.4 is 5.32 Å². The second-order valence-corrected chi connectivity index (χ2v) is 3.47. The van der Waals surface area contributed by atoms with Crippen LogP contribution in [0.1, 0.15) is 13.8 Å². The number of esters is 1. The van der Waals surface area contributed by atoms with Crippen LogP contribution >= 0.6 is 23.2 Å². The summed E-state index contributed by atoms with van der Waals surface area (Å²) < 4.78 is 4.62. The van der Waals surface area contributed by atoms with Crippen LogP contribution in [-0.2, 0) is 14.3 Å². The lowest BCUT2D eigenvalue weighted by Gasteiger charge is -2.04. The quantitative estimate of drug-likeness (QED) is 0.458. The van der Waals surface area contributed by atoms with Gasteiger partial charge in [0.05, 0.1) is 6.61 Å². The van der Waals surface area contributed by atoms with Crippen molar-refractivity contribution in [3.05, 3.63) is 11.8 Å². The zero-order valence-corrected chi connectivity index (χ0v) is 9.35. The molecule has 80 valence electrons. The van der Waals surface area contributed by atoms with Crippen LogP contribution in [0.15, 0.2) is 11.8 Å². The molecule has 4 nitrogen and oxygen atoms in total. The standard InChI is InChI=1S/C8H11Cl2NO3/c1-3-14-6(12)4-5(2)11-8(13)7(9)10/h4,7H,3H2,1-2H3,(H,11,13). The van der Waals surface area contributed by atoms with E-state index in [-0.39, 0.29) is 6.61 Å². The number of allylic oxidation sites excluding steroid dienone is 1. The van der Waals surface area contributed by atoms with Crippen LogP contribution in [0.5, 0.6) is 0 Å². The third kappa shape index (κ3) is 5.83. The van der Waals surface area contributed by atoms with Crippen molar-refractivity contribution in [3.63, 3.8) is 0 Å². The van der Waals surface area contributed by atoms with E-state index in [1.165, 1.54) is 6.92 Å². The molecule has 0 radical (unpaired) electrons. The summed E-state index contributed by atoms with van der Waals surface area (Å²) in [5, 5.41) is 2.33. The van der Waals surface area contributed by atoms with Crippen molar-refractivity contribution >= 4 is 35.1 Å². The summed E-state index contributed by atoms with van der Waals surface area (Å²) >= 11 is 10.6. The first-order valence-corrected chi connectivity index (χ1v) is 4.78. The minimum atomic E-state index is -1.15. The number of ether oxygens (including phenoxy) is 1. The molecule has 14 heavy (non-hydrogen) atoms. The van der Waals surface area contributed by atoms with Crippen molar-refractivity contribution in [1.29, 1.82) is 0 Å². The fraction of sp³-hybridized carbons (Fsp3) is 0.500. The summed E-state index contributed by atoms with van der Waals surface area (Å²) in [5.41, 5.74) is 0.333. The van der Waals surface area contributed by atoms with E-state index in [0.29, 0.717) is 5.70 Å². The molecule has 6 heteroatoms. The van der Waals surface area contributed by atoms with Gasteiger partial charge in [0.1, 0.15) is 0 Å². The molecule has 0 atom stereocenters. The molecule has 0 aromatic carbocycles. The molecule has 1 N–H and O–H groups in total. The van der Waals surface area contributed by atoms with Crippen molar-refractivity contribution in [3.8, 4) is 0 Å². The number of hydrogen-bond donors (Lipinski definition) is 1. The molecule has 1 amide bonds. The van der Waals surface area contributed by atoms with Crippen LogP contribution in [0.4, 0.5) is 0 Å². The first kappa shape index (κ1) is 13.3. The molecule has 0 spiro atoms. The average molecular weight is 240 g/mol. The Balaban J connectivity index is 4.13. The van der Waals surface area contributed by atoms with E-state index in [2.05, 4.69) is 10.1 Å². The topological polar surface area (TPSA) is 55.4 Å². The Hall–Kier alpha value is -0.740. The van der Waals surface area contributed by atoms with Gasteiger partial charge in [-0.15, -0.1) is 0 Å². The van der Waals surface area contributed by atoms with Gasteiger partial charge >= 0.3 is 5.97 Å². The van der Waals surface area contributed by atoms with Gasteiger partial charge in [0, 0.05) is 11.8 Å². The highest BCUT2D eigenvalue weighted by Gasteiger charge is 2.11. The lowest BCUT2D eigenvalue weighted by atomic mass is 10.4. The molecular weight excluding hydrogens is 229 g/mol. The Kier molecular flexibility index (Phi) is 6.32. The van der Waals surface area contributed by atoms with Crippen LogP contribution in [0, 0.1) is 0 Å². The molecule has 0 aliphatic carbocycles. The number of rotatable bonds is 4. The van der Waals surface area contributed by atoms with E-state index in [1.54, 1.807) is 6.92 Å². The molecule has 0 rings (SSSR count). The molecule has 0 bridgehead atoms. The van der Waals surface area contributed by atoms with Crippen molar-refractivity contribution in [2.45, 2.75) is 18.7 Å². The predicted molar refractivity (Wildman–Crippen MR) is 54.0 cm³/mol. The van der Waals surface area contributed by atoms with Crippen LogP contribution in [0.25, 0.3) is 0 Å². The minimum Gasteiger partial charge on any atom is -0.463 e. The highest BCUT2D eigenvalue weighted by molar-refractivity contribution is 6.53. The first-order chi connectivity index (χ1) is 6.47. The predicted octanol–water partition coefficient (Wildman–Crippen LogP) is 1.37. The van der Waals surface area contributed by atoms with E-state index < -0.39 is 16.7 Å². The van der Waals surface area contributed by atoms with Gasteiger partial charge in [0.25, 0.3) is 5.91 Å². The zero-order valence-electron chi connectivity index (χ0n) is 7.84. The van der Waals surface area contributed by atoms with Gasteiger partial charge in [-0.2, -0.15) is 0 Å². The maximum Gasteiger partial charge on any atom is 0.332 e. The summed E-state index contributed by atoms with van der Waals surface area (Å²) in [7, 11) is 0. The monoisotopic (exact) mass is 239 g/mol. The van der Waals surface area contributed by atoms with Crippen molar-refractivity contribution in [1.82, 2.24) is 5.32 Å². The van der Waals surface area contributed by atoms with E-state index in [9.17, 15) is 9.59 Å². The Labute approximate surface area is 92.2 Å². The van der Waals surface area contributed by atoms with Gasteiger partial charge in [-0.1, -0.05) is 23.2 Å². The van der Waals surface area contributed by atoms with Gasteiger partial charge in [-0.3, -0.25) is 4.79 Å². The highest BCUT2D eigenvalue weighted by atomic mass is 35.5. The minimum absolute atomic E-state index is 0.282. The Morgan fingerprint density at radius 2 is 2.07 bits per heavy atom. The van der Waals surface area contributed by atoms with Crippen molar-refractivity contribution in [2.24, 2.45) is 0 Å². The fourth-order valence-corrected chi connectivity index (χ4v) is 0.755. The maximum absolute atomic E-state index is 10.9. The van der Waals surface area contributed by atoms with Gasteiger partial charge in [0.15, 0.2) is 4.84 Å². The number of carbonyl (C=O) groups excluding carboxylic acids is 2. The molecule has 0 aliphatic heterocycles. The molecule has 0 aromatic rings. The Morgan fingerprint density at radius 3 is 2.50 bits per heavy atom. The second kappa shape index (κ2) is 6.68. The summed E-state index contributed by atoms with van der Waals surface area (Å²) in [5.74, 6) is -1.10. The number of amides is 1. The molecule has 0 heterocycles. The molecular formula is C8H11Cl2NO3. The Bertz CT molecular complexity index is 251. The van der Waals surface area contributed by atoms with Gasteiger partial charge in [-0.25, -0.2) is 4.79 Å². The molecule has 0 aliphatic rings. The smallest absolute Gasteiger partial charge is 0.332 e. The number of nitrogens with one attached hydrogen (secondary N) is 1. The maximum atomic E-state index is 10.9. The summed E-state index contributed by atoms with van der Waals surface area (Å²) in [6.07, 6.45) is 1.15. The molecule has 0 unspecified atom stereocenters. The second-order valence-electron chi connectivity index (χ2n) is 2.37. The summed E-state index contributed by atoms with van der Waals surface area (Å²) in [4.78, 5) is 20.7. The van der Waals surface area contributed by atoms with Crippen molar-refractivity contribution in [2.75, 3.05) is 6.61 Å². The van der Waals surface area contributed by atoms with Crippen LogP contribution in [0.3, 0.4) is 0 Å². The summed E-state index contributed by atoms with van der Waals surface area (Å²) in [6.45, 7) is 3.50. The van der Waals surface area contributed by atoms with E-state index in [0.717, 1.165) is 6.08 Å². The van der Waals surface area contributed by atoms with E-state index >= 15 is 0 Å².